The monoisotopic (exact) mass is 353 g/mol. The predicted octanol–water partition coefficient (Wildman–Crippen LogP) is 3.57. The van der Waals surface area contributed by atoms with Crippen molar-refractivity contribution in [2.75, 3.05) is 13.1 Å². The van der Waals surface area contributed by atoms with Crippen LogP contribution in [0, 0.1) is 11.7 Å². The predicted molar refractivity (Wildman–Crippen MR) is 81.3 cm³/mol. The first-order chi connectivity index (χ1) is 10.2. The van der Waals surface area contributed by atoms with Crippen molar-refractivity contribution in [3.05, 3.63) is 34.4 Å². The summed E-state index contributed by atoms with van der Waals surface area (Å²) in [6.07, 6.45) is 4.26. The Bertz CT molecular complexity index is 590. The molecule has 1 aromatic carbocycles. The smallest absolute Gasteiger partial charge is 0.226 e. The molecule has 0 aliphatic carbocycles. The fourth-order valence-electron chi connectivity index (χ4n) is 2.65. The van der Waals surface area contributed by atoms with Crippen LogP contribution in [-0.4, -0.2) is 23.2 Å². The molecule has 2 heterocycles. The number of hydrogen-bond acceptors (Lipinski definition) is 4. The highest BCUT2D eigenvalue weighted by atomic mass is 79.9. The van der Waals surface area contributed by atoms with E-state index < -0.39 is 0 Å². The number of nitrogens with one attached hydrogen (secondary N) is 1. The van der Waals surface area contributed by atoms with E-state index in [9.17, 15) is 4.39 Å². The van der Waals surface area contributed by atoms with Crippen molar-refractivity contribution in [3.63, 3.8) is 0 Å². The number of hydrogen-bond donors (Lipinski definition) is 1. The third-order valence-corrected chi connectivity index (χ3v) is 4.27. The number of aryl methyl sites for hydroxylation is 1. The fourth-order valence-corrected chi connectivity index (χ4v) is 3.12. The number of nitrogens with zero attached hydrogens (tertiary/aromatic N) is 2. The summed E-state index contributed by atoms with van der Waals surface area (Å²) in [7, 11) is 0. The van der Waals surface area contributed by atoms with Crippen LogP contribution in [-0.2, 0) is 6.42 Å². The van der Waals surface area contributed by atoms with Gasteiger partial charge in [0.15, 0.2) is 0 Å². The molecule has 0 atom stereocenters. The van der Waals surface area contributed by atoms with Gasteiger partial charge in [0.25, 0.3) is 0 Å². The molecule has 2 aromatic rings. The van der Waals surface area contributed by atoms with Gasteiger partial charge in [0.1, 0.15) is 5.82 Å². The topological polar surface area (TPSA) is 51.0 Å². The Morgan fingerprint density at radius 1 is 1.29 bits per heavy atom. The van der Waals surface area contributed by atoms with E-state index in [0.717, 1.165) is 31.8 Å². The fraction of sp³-hybridized carbons (Fsp3) is 0.467. The Kier molecular flexibility index (Phi) is 4.65. The standard InChI is InChI=1S/C15H17BrFN3O/c16-12-7-11(8-13(17)9-12)15-19-14(21-20-15)2-1-10-3-5-18-6-4-10/h7-10,18H,1-6H2. The molecule has 3 rings (SSSR count). The Morgan fingerprint density at radius 2 is 2.10 bits per heavy atom. The summed E-state index contributed by atoms with van der Waals surface area (Å²) in [5.41, 5.74) is 0.624. The molecule has 0 unspecified atom stereocenters. The summed E-state index contributed by atoms with van der Waals surface area (Å²) in [5.74, 6) is 1.48. The van der Waals surface area contributed by atoms with E-state index in [2.05, 4.69) is 31.4 Å². The van der Waals surface area contributed by atoms with Gasteiger partial charge < -0.3 is 9.84 Å². The van der Waals surface area contributed by atoms with Crippen LogP contribution in [0.5, 0.6) is 0 Å². The van der Waals surface area contributed by atoms with Gasteiger partial charge in [-0.25, -0.2) is 4.39 Å². The second-order valence-corrected chi connectivity index (χ2v) is 6.32. The summed E-state index contributed by atoms with van der Waals surface area (Å²) >= 11 is 3.27. The molecular weight excluding hydrogens is 337 g/mol. The SMILES string of the molecule is Fc1cc(Br)cc(-c2noc(CCC3CCNCC3)n2)c1. The van der Waals surface area contributed by atoms with E-state index in [0.29, 0.717) is 21.8 Å². The van der Waals surface area contributed by atoms with E-state index in [-0.39, 0.29) is 5.82 Å². The van der Waals surface area contributed by atoms with Gasteiger partial charge in [-0.3, -0.25) is 0 Å². The highest BCUT2D eigenvalue weighted by molar-refractivity contribution is 9.10. The van der Waals surface area contributed by atoms with Crippen LogP contribution in [0.4, 0.5) is 4.39 Å². The number of rotatable bonds is 4. The maximum atomic E-state index is 13.4. The first kappa shape index (κ1) is 14.7. The molecule has 1 aromatic heterocycles. The Labute approximate surface area is 131 Å². The summed E-state index contributed by atoms with van der Waals surface area (Å²) in [5, 5.41) is 7.30. The normalized spacial score (nSPS) is 16.3. The molecule has 21 heavy (non-hydrogen) atoms. The largest absolute Gasteiger partial charge is 0.339 e. The molecule has 0 spiro atoms. The molecular formula is C15H17BrFN3O. The Morgan fingerprint density at radius 3 is 2.86 bits per heavy atom. The first-order valence-electron chi connectivity index (χ1n) is 7.20. The van der Waals surface area contributed by atoms with Crippen LogP contribution in [0.2, 0.25) is 0 Å². The minimum Gasteiger partial charge on any atom is -0.339 e. The van der Waals surface area contributed by atoms with Gasteiger partial charge in [0.05, 0.1) is 0 Å². The van der Waals surface area contributed by atoms with Gasteiger partial charge in [0, 0.05) is 16.5 Å². The minimum atomic E-state index is -0.319. The zero-order valence-corrected chi connectivity index (χ0v) is 13.2. The number of aromatic nitrogens is 2. The summed E-state index contributed by atoms with van der Waals surface area (Å²) < 4.78 is 19.3. The number of halogens is 2. The zero-order chi connectivity index (χ0) is 14.7. The third kappa shape index (κ3) is 3.89. The molecule has 1 N–H and O–H groups in total. The molecule has 1 fully saturated rings. The van der Waals surface area contributed by atoms with E-state index in [1.54, 1.807) is 6.07 Å². The first-order valence-corrected chi connectivity index (χ1v) is 8.00. The van der Waals surface area contributed by atoms with Crippen molar-refractivity contribution in [1.29, 1.82) is 0 Å². The average Bonchev–Trinajstić information content (AvgIpc) is 2.94. The molecule has 112 valence electrons. The van der Waals surface area contributed by atoms with Crippen LogP contribution >= 0.6 is 15.9 Å². The second kappa shape index (κ2) is 6.66. The van der Waals surface area contributed by atoms with Gasteiger partial charge in [-0.05, 0) is 56.5 Å². The maximum Gasteiger partial charge on any atom is 0.226 e. The average molecular weight is 354 g/mol. The quantitative estimate of drug-likeness (QED) is 0.912. The molecule has 1 aliphatic heterocycles. The van der Waals surface area contributed by atoms with Gasteiger partial charge in [-0.15, -0.1) is 0 Å². The van der Waals surface area contributed by atoms with Crippen LogP contribution in [0.25, 0.3) is 11.4 Å². The number of benzene rings is 1. The van der Waals surface area contributed by atoms with E-state index in [1.165, 1.54) is 25.0 Å². The summed E-state index contributed by atoms with van der Waals surface area (Å²) in [6.45, 7) is 2.19. The van der Waals surface area contributed by atoms with Gasteiger partial charge in [-0.2, -0.15) is 4.98 Å². The lowest BCUT2D eigenvalue weighted by atomic mass is 9.93. The van der Waals surface area contributed by atoms with Crippen LogP contribution < -0.4 is 5.32 Å². The van der Waals surface area contributed by atoms with Gasteiger partial charge in [-0.1, -0.05) is 21.1 Å². The summed E-state index contributed by atoms with van der Waals surface area (Å²) in [4.78, 5) is 4.37. The molecule has 6 heteroatoms. The lowest BCUT2D eigenvalue weighted by Gasteiger charge is -2.21. The Hall–Kier alpha value is -1.27. The van der Waals surface area contributed by atoms with Crippen LogP contribution in [0.15, 0.2) is 27.2 Å². The summed E-state index contributed by atoms with van der Waals surface area (Å²) in [6, 6.07) is 4.60. The van der Waals surface area contributed by atoms with Crippen molar-refractivity contribution in [2.45, 2.75) is 25.7 Å². The molecule has 0 amide bonds. The van der Waals surface area contributed by atoms with E-state index in [4.69, 9.17) is 4.52 Å². The molecule has 4 nitrogen and oxygen atoms in total. The maximum absolute atomic E-state index is 13.4. The Balaban J connectivity index is 1.65. The van der Waals surface area contributed by atoms with E-state index in [1.807, 2.05) is 0 Å². The molecule has 1 saturated heterocycles. The van der Waals surface area contributed by atoms with Crippen molar-refractivity contribution in [3.8, 4) is 11.4 Å². The lowest BCUT2D eigenvalue weighted by molar-refractivity contribution is 0.324. The van der Waals surface area contributed by atoms with Crippen molar-refractivity contribution >= 4 is 15.9 Å². The number of piperidine rings is 1. The molecule has 0 saturated carbocycles. The third-order valence-electron chi connectivity index (χ3n) is 3.81. The lowest BCUT2D eigenvalue weighted by Crippen LogP contribution is -2.27. The zero-order valence-electron chi connectivity index (χ0n) is 11.6. The van der Waals surface area contributed by atoms with Crippen LogP contribution in [0.3, 0.4) is 0 Å². The van der Waals surface area contributed by atoms with E-state index >= 15 is 0 Å². The van der Waals surface area contributed by atoms with Crippen molar-refractivity contribution < 1.29 is 8.91 Å². The van der Waals surface area contributed by atoms with Crippen LogP contribution in [0.1, 0.15) is 25.2 Å². The highest BCUT2D eigenvalue weighted by Gasteiger charge is 2.15. The second-order valence-electron chi connectivity index (χ2n) is 5.40. The highest BCUT2D eigenvalue weighted by Crippen LogP contribution is 2.23. The molecule has 0 radical (unpaired) electrons. The molecule has 0 bridgehead atoms. The van der Waals surface area contributed by atoms with Crippen molar-refractivity contribution in [2.24, 2.45) is 5.92 Å². The van der Waals surface area contributed by atoms with Gasteiger partial charge >= 0.3 is 0 Å². The minimum absolute atomic E-state index is 0.319. The van der Waals surface area contributed by atoms with Crippen molar-refractivity contribution in [1.82, 2.24) is 15.5 Å². The molecule has 1 aliphatic rings. The van der Waals surface area contributed by atoms with Gasteiger partial charge in [0.2, 0.25) is 11.7 Å².